The van der Waals surface area contributed by atoms with Crippen LogP contribution >= 0.6 is 0 Å². The molecule has 2 aliphatic heterocycles. The number of nitrogens with one attached hydrogen (secondary N) is 1. The number of fused-ring (bicyclic) bond motifs is 1. The lowest BCUT2D eigenvalue weighted by Gasteiger charge is -2.32. The summed E-state index contributed by atoms with van der Waals surface area (Å²) in [5.41, 5.74) is 2.02. The Labute approximate surface area is 193 Å². The van der Waals surface area contributed by atoms with E-state index >= 15 is 0 Å². The molecule has 0 radical (unpaired) electrons. The number of carbonyl (C=O) groups is 4. The number of benzene rings is 2. The summed E-state index contributed by atoms with van der Waals surface area (Å²) >= 11 is 0. The number of hydrogen-bond donors (Lipinski definition) is 1. The second kappa shape index (κ2) is 10.4. The summed E-state index contributed by atoms with van der Waals surface area (Å²) in [6.45, 7) is 1.52. The Balaban J connectivity index is 1.14. The summed E-state index contributed by atoms with van der Waals surface area (Å²) in [5.74, 6) is -0.509. The highest BCUT2D eigenvalue weighted by molar-refractivity contribution is 6.21. The minimum absolute atomic E-state index is 0.0509. The van der Waals surface area contributed by atoms with E-state index in [0.29, 0.717) is 37.1 Å². The second-order valence-corrected chi connectivity index (χ2v) is 8.62. The van der Waals surface area contributed by atoms with Crippen LogP contribution in [0.4, 0.5) is 0 Å². The predicted molar refractivity (Wildman–Crippen MR) is 124 cm³/mol. The summed E-state index contributed by atoms with van der Waals surface area (Å²) in [5, 5.41) is 3.04. The molecule has 0 unspecified atom stereocenters. The Morgan fingerprint density at radius 1 is 0.848 bits per heavy atom. The van der Waals surface area contributed by atoms with Gasteiger partial charge in [-0.25, -0.2) is 0 Å². The average molecular weight is 448 g/mol. The topological polar surface area (TPSA) is 86.8 Å². The van der Waals surface area contributed by atoms with Gasteiger partial charge in [0.25, 0.3) is 11.8 Å². The van der Waals surface area contributed by atoms with Crippen molar-refractivity contribution in [3.05, 3.63) is 71.3 Å². The minimum Gasteiger partial charge on any atom is -0.353 e. The zero-order valence-corrected chi connectivity index (χ0v) is 18.7. The van der Waals surface area contributed by atoms with E-state index in [0.717, 1.165) is 24.8 Å². The summed E-state index contributed by atoms with van der Waals surface area (Å²) in [7, 11) is 0. The molecule has 2 heterocycles. The normalized spacial score (nSPS) is 16.1. The number of hydrogen-bond acceptors (Lipinski definition) is 4. The van der Waals surface area contributed by atoms with Crippen molar-refractivity contribution >= 4 is 23.6 Å². The van der Waals surface area contributed by atoms with Crippen LogP contribution in [-0.2, 0) is 16.0 Å². The Morgan fingerprint density at radius 2 is 1.45 bits per heavy atom. The molecule has 7 heteroatoms. The zero-order chi connectivity index (χ0) is 23.2. The Bertz CT molecular complexity index is 994. The van der Waals surface area contributed by atoms with Gasteiger partial charge in [0.15, 0.2) is 0 Å². The lowest BCUT2D eigenvalue weighted by Crippen LogP contribution is -2.46. The van der Waals surface area contributed by atoms with Gasteiger partial charge < -0.3 is 10.2 Å². The molecule has 0 atom stereocenters. The largest absolute Gasteiger partial charge is 0.353 e. The molecule has 1 N–H and O–H groups in total. The Morgan fingerprint density at radius 3 is 2.09 bits per heavy atom. The molecule has 1 fully saturated rings. The molecule has 2 aromatic carbocycles. The average Bonchev–Trinajstić information content (AvgIpc) is 3.08. The first-order valence-electron chi connectivity index (χ1n) is 11.6. The maximum Gasteiger partial charge on any atom is 0.261 e. The van der Waals surface area contributed by atoms with Gasteiger partial charge in [-0.3, -0.25) is 24.1 Å². The van der Waals surface area contributed by atoms with Gasteiger partial charge in [-0.2, -0.15) is 0 Å². The zero-order valence-electron chi connectivity index (χ0n) is 18.7. The molecular weight excluding hydrogens is 418 g/mol. The Kier molecular flexibility index (Phi) is 7.17. The molecule has 33 heavy (non-hydrogen) atoms. The first kappa shape index (κ1) is 22.7. The third kappa shape index (κ3) is 5.48. The molecule has 4 amide bonds. The van der Waals surface area contributed by atoms with Crippen molar-refractivity contribution in [2.24, 2.45) is 0 Å². The summed E-state index contributed by atoms with van der Waals surface area (Å²) in [6.07, 6.45) is 3.39. The molecule has 0 aliphatic carbocycles. The highest BCUT2D eigenvalue weighted by Gasteiger charge is 2.34. The van der Waals surface area contributed by atoms with E-state index in [1.165, 1.54) is 4.90 Å². The van der Waals surface area contributed by atoms with Crippen LogP contribution in [0.1, 0.15) is 58.4 Å². The third-order valence-corrected chi connectivity index (χ3v) is 6.35. The van der Waals surface area contributed by atoms with Crippen molar-refractivity contribution in [1.82, 2.24) is 15.1 Å². The molecule has 0 saturated carbocycles. The highest BCUT2D eigenvalue weighted by Crippen LogP contribution is 2.22. The first-order chi connectivity index (χ1) is 16.0. The van der Waals surface area contributed by atoms with Crippen LogP contribution in [-0.4, -0.2) is 59.1 Å². The molecule has 7 nitrogen and oxygen atoms in total. The van der Waals surface area contributed by atoms with Gasteiger partial charge in [-0.1, -0.05) is 42.5 Å². The van der Waals surface area contributed by atoms with Crippen LogP contribution in [0.25, 0.3) is 0 Å². The van der Waals surface area contributed by atoms with E-state index in [1.54, 1.807) is 24.3 Å². The number of amides is 4. The number of nitrogens with zero attached hydrogens (tertiary/aromatic N) is 2. The third-order valence-electron chi connectivity index (χ3n) is 6.35. The number of imide groups is 1. The van der Waals surface area contributed by atoms with Crippen LogP contribution in [0.5, 0.6) is 0 Å². The molecule has 0 aromatic heterocycles. The van der Waals surface area contributed by atoms with E-state index in [9.17, 15) is 19.2 Å². The number of aryl methyl sites for hydroxylation is 1. The van der Waals surface area contributed by atoms with Gasteiger partial charge in [0.1, 0.15) is 0 Å². The van der Waals surface area contributed by atoms with Crippen LogP contribution in [0.15, 0.2) is 54.6 Å². The van der Waals surface area contributed by atoms with Gasteiger partial charge in [-0.15, -0.1) is 0 Å². The molecule has 0 spiro atoms. The summed E-state index contributed by atoms with van der Waals surface area (Å²) < 4.78 is 0. The predicted octanol–water partition coefficient (Wildman–Crippen LogP) is 2.80. The van der Waals surface area contributed by atoms with Crippen molar-refractivity contribution in [3.63, 3.8) is 0 Å². The van der Waals surface area contributed by atoms with Crippen molar-refractivity contribution in [2.45, 2.75) is 44.6 Å². The number of carbonyl (C=O) groups excluding carboxylic acids is 4. The molecule has 4 rings (SSSR count). The van der Waals surface area contributed by atoms with E-state index in [-0.39, 0.29) is 42.6 Å². The van der Waals surface area contributed by atoms with Crippen LogP contribution < -0.4 is 5.32 Å². The van der Waals surface area contributed by atoms with E-state index in [2.05, 4.69) is 5.32 Å². The number of piperidine rings is 1. The maximum absolute atomic E-state index is 12.5. The second-order valence-electron chi connectivity index (χ2n) is 8.62. The molecule has 172 valence electrons. The summed E-state index contributed by atoms with van der Waals surface area (Å²) in [6, 6.07) is 16.8. The first-order valence-corrected chi connectivity index (χ1v) is 11.6. The smallest absolute Gasteiger partial charge is 0.261 e. The van der Waals surface area contributed by atoms with Gasteiger partial charge >= 0.3 is 0 Å². The van der Waals surface area contributed by atoms with Gasteiger partial charge in [-0.05, 0) is 43.4 Å². The molecule has 2 aromatic rings. The maximum atomic E-state index is 12.5. The van der Waals surface area contributed by atoms with Crippen molar-refractivity contribution in [3.8, 4) is 0 Å². The van der Waals surface area contributed by atoms with Crippen molar-refractivity contribution in [1.29, 1.82) is 0 Å². The van der Waals surface area contributed by atoms with Gasteiger partial charge in [0.2, 0.25) is 11.8 Å². The quantitative estimate of drug-likeness (QED) is 0.631. The van der Waals surface area contributed by atoms with Crippen molar-refractivity contribution in [2.75, 3.05) is 19.6 Å². The summed E-state index contributed by atoms with van der Waals surface area (Å²) in [4.78, 5) is 52.7. The minimum atomic E-state index is -0.291. The number of likely N-dealkylation sites (tertiary alicyclic amines) is 1. The Hall–Kier alpha value is -3.48. The van der Waals surface area contributed by atoms with E-state index in [4.69, 9.17) is 0 Å². The molecule has 2 aliphatic rings. The van der Waals surface area contributed by atoms with Crippen LogP contribution in [0.2, 0.25) is 0 Å². The standard InChI is InChI=1S/C26H29N3O4/c30-23(11-6-16-29-25(32)21-9-4-5-10-22(21)26(29)33)27-20-14-17-28(18-15-20)24(31)13-12-19-7-2-1-3-8-19/h1-5,7-10,20H,6,11-18H2,(H,27,30). The SMILES string of the molecule is O=C(CCCN1C(=O)c2ccccc2C1=O)NC1CCN(C(=O)CCc2ccccc2)CC1. The van der Waals surface area contributed by atoms with Crippen LogP contribution in [0, 0.1) is 0 Å². The fraction of sp³-hybridized carbons (Fsp3) is 0.385. The lowest BCUT2D eigenvalue weighted by atomic mass is 10.0. The fourth-order valence-electron chi connectivity index (χ4n) is 4.47. The molecule has 1 saturated heterocycles. The molecular formula is C26H29N3O4. The fourth-order valence-corrected chi connectivity index (χ4v) is 4.47. The van der Waals surface area contributed by atoms with Crippen molar-refractivity contribution < 1.29 is 19.2 Å². The molecule has 0 bridgehead atoms. The monoisotopic (exact) mass is 447 g/mol. The number of rotatable bonds is 8. The van der Waals surface area contributed by atoms with Crippen LogP contribution in [0.3, 0.4) is 0 Å². The van der Waals surface area contributed by atoms with Gasteiger partial charge in [0, 0.05) is 38.5 Å². The van der Waals surface area contributed by atoms with E-state index < -0.39 is 0 Å². The van der Waals surface area contributed by atoms with E-state index in [1.807, 2.05) is 35.2 Å². The lowest BCUT2D eigenvalue weighted by molar-refractivity contribution is -0.132. The van der Waals surface area contributed by atoms with Gasteiger partial charge in [0.05, 0.1) is 11.1 Å². The highest BCUT2D eigenvalue weighted by atomic mass is 16.2.